The van der Waals surface area contributed by atoms with Crippen LogP contribution in [0, 0.1) is 11.8 Å². The lowest BCUT2D eigenvalue weighted by atomic mass is 9.84. The summed E-state index contributed by atoms with van der Waals surface area (Å²) in [5, 5.41) is 2.94. The Morgan fingerprint density at radius 3 is 2.53 bits per heavy atom. The molecule has 1 N–H and O–H groups in total. The summed E-state index contributed by atoms with van der Waals surface area (Å²) in [6.07, 6.45) is 3.75. The van der Waals surface area contributed by atoms with Crippen LogP contribution in [0.5, 0.6) is 17.2 Å². The van der Waals surface area contributed by atoms with Crippen molar-refractivity contribution in [1.29, 1.82) is 0 Å². The Kier molecular flexibility index (Phi) is 4.94. The Labute approximate surface area is 218 Å². The molecule has 0 radical (unpaired) electrons. The predicted octanol–water partition coefficient (Wildman–Crippen LogP) is 3.58. The number of imide groups is 1. The molecule has 0 aliphatic carbocycles. The molecule has 0 unspecified atom stereocenters. The quantitative estimate of drug-likeness (QED) is 0.537. The van der Waals surface area contributed by atoms with Crippen molar-refractivity contribution in [1.82, 2.24) is 4.90 Å². The zero-order chi connectivity index (χ0) is 26.0. The largest absolute Gasteiger partial charge is 0.497 e. The number of carbonyl (C=O) groups is 3. The number of ether oxygens (including phenoxy) is 3. The molecule has 190 valence electrons. The fourth-order valence-electron chi connectivity index (χ4n) is 6.03. The second-order valence-electron chi connectivity index (χ2n) is 9.60. The lowest BCUT2D eigenvalue weighted by Crippen LogP contribution is -2.46. The summed E-state index contributed by atoms with van der Waals surface area (Å²) >= 11 is 0. The topological polar surface area (TPSA) is 97.4 Å². The minimum atomic E-state index is -0.882. The molecule has 4 heterocycles. The van der Waals surface area contributed by atoms with Crippen LogP contribution in [-0.4, -0.2) is 42.6 Å². The summed E-state index contributed by atoms with van der Waals surface area (Å²) < 4.78 is 16.1. The fraction of sp³-hybridized carbons (Fsp3) is 0.207. The van der Waals surface area contributed by atoms with Gasteiger partial charge in [-0.2, -0.15) is 0 Å². The molecule has 2 fully saturated rings. The number of nitrogens with zero attached hydrogens (tertiary/aromatic N) is 2. The van der Waals surface area contributed by atoms with E-state index in [0.717, 1.165) is 11.1 Å². The first-order valence-corrected chi connectivity index (χ1v) is 12.3. The third kappa shape index (κ3) is 3.21. The van der Waals surface area contributed by atoms with Crippen LogP contribution in [0.3, 0.4) is 0 Å². The van der Waals surface area contributed by atoms with Gasteiger partial charge in [-0.05, 0) is 53.6 Å². The van der Waals surface area contributed by atoms with E-state index in [4.69, 9.17) is 14.2 Å². The first-order chi connectivity index (χ1) is 18.5. The van der Waals surface area contributed by atoms with Gasteiger partial charge < -0.3 is 24.4 Å². The van der Waals surface area contributed by atoms with Crippen molar-refractivity contribution in [2.45, 2.75) is 12.1 Å². The van der Waals surface area contributed by atoms with Gasteiger partial charge in [0.15, 0.2) is 11.5 Å². The maximum absolute atomic E-state index is 14.0. The SMILES string of the molecule is COc1ccc(NC(=O)[C@@H]2[C@@H]3C(=O)N(c4ccc5c(c4)OCO5)C(=O)[C@@H]3[C@@H]3c4ccccc4C=CN23)cc1. The molecule has 4 atom stereocenters. The van der Waals surface area contributed by atoms with Crippen LogP contribution in [0.2, 0.25) is 0 Å². The van der Waals surface area contributed by atoms with Gasteiger partial charge in [0.05, 0.1) is 30.7 Å². The van der Waals surface area contributed by atoms with Crippen molar-refractivity contribution in [2.24, 2.45) is 11.8 Å². The van der Waals surface area contributed by atoms with Crippen molar-refractivity contribution in [3.05, 3.63) is 84.1 Å². The highest BCUT2D eigenvalue weighted by atomic mass is 16.7. The lowest BCUT2D eigenvalue weighted by Gasteiger charge is -2.35. The molecule has 3 aromatic rings. The number of anilines is 2. The number of methoxy groups -OCH3 is 1. The highest BCUT2D eigenvalue weighted by molar-refractivity contribution is 6.24. The standard InChI is InChI=1S/C29H23N3O6/c1-36-19-9-6-17(7-10-19)30-27(33)26-24-23(25-20-5-3-2-4-16(20)12-13-31(25)26)28(34)32(29(24)35)18-8-11-21-22(14-18)38-15-37-21/h2-14,23-26H,15H2,1H3,(H,30,33)/t23-,24+,25-,26-/m0/s1. The Morgan fingerprint density at radius 2 is 1.71 bits per heavy atom. The number of rotatable bonds is 4. The van der Waals surface area contributed by atoms with E-state index in [-0.39, 0.29) is 18.6 Å². The molecule has 0 spiro atoms. The summed E-state index contributed by atoms with van der Waals surface area (Å²) in [5.74, 6) is -1.00. The fourth-order valence-corrected chi connectivity index (χ4v) is 6.03. The molecule has 2 saturated heterocycles. The molecule has 4 aliphatic rings. The van der Waals surface area contributed by atoms with Gasteiger partial charge in [-0.3, -0.25) is 14.4 Å². The van der Waals surface area contributed by atoms with E-state index in [1.807, 2.05) is 41.4 Å². The van der Waals surface area contributed by atoms with Gasteiger partial charge in [-0.15, -0.1) is 0 Å². The van der Waals surface area contributed by atoms with Crippen LogP contribution in [0.1, 0.15) is 17.2 Å². The highest BCUT2D eigenvalue weighted by Gasteiger charge is 2.64. The number of hydrogen-bond acceptors (Lipinski definition) is 7. The third-order valence-electron chi connectivity index (χ3n) is 7.70. The molecular weight excluding hydrogens is 486 g/mol. The maximum atomic E-state index is 14.0. The van der Waals surface area contributed by atoms with Crippen LogP contribution < -0.4 is 24.4 Å². The summed E-state index contributed by atoms with van der Waals surface area (Å²) in [5.41, 5.74) is 2.85. The average Bonchev–Trinajstić information content (AvgIpc) is 3.62. The molecule has 38 heavy (non-hydrogen) atoms. The van der Waals surface area contributed by atoms with Gasteiger partial charge in [-0.25, -0.2) is 4.90 Å². The number of nitrogens with one attached hydrogen (secondary N) is 1. The molecule has 7 rings (SSSR count). The van der Waals surface area contributed by atoms with Crippen molar-refractivity contribution >= 4 is 35.2 Å². The molecular formula is C29H23N3O6. The number of carbonyl (C=O) groups excluding carboxylic acids is 3. The average molecular weight is 510 g/mol. The van der Waals surface area contributed by atoms with Gasteiger partial charge in [0.25, 0.3) is 0 Å². The molecule has 9 heteroatoms. The van der Waals surface area contributed by atoms with Gasteiger partial charge in [0, 0.05) is 18.0 Å². The minimum absolute atomic E-state index is 0.0830. The van der Waals surface area contributed by atoms with Crippen LogP contribution in [0.4, 0.5) is 11.4 Å². The zero-order valence-electron chi connectivity index (χ0n) is 20.4. The van der Waals surface area contributed by atoms with Crippen molar-refractivity contribution in [3.63, 3.8) is 0 Å². The zero-order valence-corrected chi connectivity index (χ0v) is 20.4. The van der Waals surface area contributed by atoms with E-state index in [2.05, 4.69) is 5.32 Å². The van der Waals surface area contributed by atoms with E-state index in [9.17, 15) is 14.4 Å². The molecule has 4 aliphatic heterocycles. The second-order valence-corrected chi connectivity index (χ2v) is 9.60. The van der Waals surface area contributed by atoms with E-state index < -0.39 is 29.8 Å². The van der Waals surface area contributed by atoms with Crippen LogP contribution in [0.25, 0.3) is 6.08 Å². The van der Waals surface area contributed by atoms with Crippen molar-refractivity contribution in [3.8, 4) is 17.2 Å². The number of hydrogen-bond donors (Lipinski definition) is 1. The van der Waals surface area contributed by atoms with Crippen molar-refractivity contribution < 1.29 is 28.6 Å². The first kappa shape index (κ1) is 22.4. The second kappa shape index (κ2) is 8.37. The first-order valence-electron chi connectivity index (χ1n) is 12.3. The Bertz CT molecular complexity index is 1520. The maximum Gasteiger partial charge on any atom is 0.247 e. The van der Waals surface area contributed by atoms with Crippen LogP contribution in [0.15, 0.2) is 72.9 Å². The molecule has 3 aromatic carbocycles. The minimum Gasteiger partial charge on any atom is -0.497 e. The van der Waals surface area contributed by atoms with Crippen molar-refractivity contribution in [2.75, 3.05) is 24.1 Å². The molecule has 0 saturated carbocycles. The summed E-state index contributed by atoms with van der Waals surface area (Å²) in [4.78, 5) is 44.8. The van der Waals surface area contributed by atoms with E-state index in [0.29, 0.717) is 28.6 Å². The summed E-state index contributed by atoms with van der Waals surface area (Å²) in [7, 11) is 1.57. The molecule has 0 bridgehead atoms. The van der Waals surface area contributed by atoms with Crippen LogP contribution >= 0.6 is 0 Å². The Balaban J connectivity index is 1.29. The van der Waals surface area contributed by atoms with Gasteiger partial charge in [0.1, 0.15) is 11.8 Å². The Morgan fingerprint density at radius 1 is 0.947 bits per heavy atom. The Hall–Kier alpha value is -4.79. The van der Waals surface area contributed by atoms with Gasteiger partial charge in [0.2, 0.25) is 24.5 Å². The van der Waals surface area contributed by atoms with E-state index in [1.165, 1.54) is 4.90 Å². The third-order valence-corrected chi connectivity index (χ3v) is 7.70. The molecule has 0 aromatic heterocycles. The number of amides is 3. The van der Waals surface area contributed by atoms with E-state index >= 15 is 0 Å². The lowest BCUT2D eigenvalue weighted by molar-refractivity contribution is -0.128. The van der Waals surface area contributed by atoms with Gasteiger partial charge >= 0.3 is 0 Å². The summed E-state index contributed by atoms with van der Waals surface area (Å²) in [6, 6.07) is 18.4. The van der Waals surface area contributed by atoms with E-state index in [1.54, 1.807) is 49.6 Å². The predicted molar refractivity (Wildman–Crippen MR) is 138 cm³/mol. The summed E-state index contributed by atoms with van der Waals surface area (Å²) in [6.45, 7) is 0.0830. The number of benzene rings is 3. The van der Waals surface area contributed by atoms with Crippen LogP contribution in [-0.2, 0) is 14.4 Å². The van der Waals surface area contributed by atoms with Gasteiger partial charge in [-0.1, -0.05) is 24.3 Å². The molecule has 9 nitrogen and oxygen atoms in total. The monoisotopic (exact) mass is 509 g/mol. The number of fused-ring (bicyclic) bond motifs is 6. The molecule has 3 amide bonds. The smallest absolute Gasteiger partial charge is 0.247 e. The normalized spacial score (nSPS) is 24.2. The highest BCUT2D eigenvalue weighted by Crippen LogP contribution is 2.53.